The Morgan fingerprint density at radius 1 is 0.939 bits per heavy atom. The smallest absolute Gasteiger partial charge is 0.335 e. The second-order valence-electron chi connectivity index (χ2n) is 7.68. The topological polar surface area (TPSA) is 75.7 Å². The molecule has 33 heavy (non-hydrogen) atoms. The van der Waals surface area contributed by atoms with E-state index in [1.165, 1.54) is 6.08 Å². The molecule has 1 aliphatic heterocycles. The number of barbiturate groups is 1. The van der Waals surface area contributed by atoms with Crippen LogP contribution in [-0.2, 0) is 16.2 Å². The van der Waals surface area contributed by atoms with Crippen LogP contribution in [0.4, 0.5) is 10.5 Å². The minimum Gasteiger partial charge on any atom is -0.488 e. The minimum absolute atomic E-state index is 0.146. The molecule has 0 saturated carbocycles. The molecule has 0 radical (unpaired) electrons. The molecule has 4 rings (SSSR count). The average molecular weight is 505 g/mol. The van der Waals surface area contributed by atoms with Crippen molar-refractivity contribution in [1.82, 2.24) is 5.32 Å². The minimum atomic E-state index is -0.773. The molecule has 0 atom stereocenters. The number of halogens is 1. The maximum atomic E-state index is 13.2. The lowest BCUT2D eigenvalue weighted by atomic mass is 10.0. The predicted molar refractivity (Wildman–Crippen MR) is 130 cm³/mol. The maximum Gasteiger partial charge on any atom is 0.335 e. The summed E-state index contributed by atoms with van der Waals surface area (Å²) in [5.74, 6) is -0.911. The van der Waals surface area contributed by atoms with E-state index in [1.807, 2.05) is 50.2 Å². The SMILES string of the molecule is Cc1ccc(N2C(=O)NC(=O)/C(=C\c3ccccc3OCc3ccc(Br)cc3)C2=O)cc1C. The Labute approximate surface area is 200 Å². The summed E-state index contributed by atoms with van der Waals surface area (Å²) in [4.78, 5) is 39.2. The highest BCUT2D eigenvalue weighted by atomic mass is 79.9. The zero-order valence-corrected chi connectivity index (χ0v) is 19.7. The Hall–Kier alpha value is -3.71. The number of para-hydroxylation sites is 1. The highest BCUT2D eigenvalue weighted by Gasteiger charge is 2.37. The van der Waals surface area contributed by atoms with Gasteiger partial charge in [-0.15, -0.1) is 0 Å². The number of nitrogens with one attached hydrogen (secondary N) is 1. The first-order chi connectivity index (χ1) is 15.8. The fourth-order valence-electron chi connectivity index (χ4n) is 3.39. The van der Waals surface area contributed by atoms with Gasteiger partial charge in [-0.1, -0.05) is 52.3 Å². The molecule has 1 saturated heterocycles. The van der Waals surface area contributed by atoms with Crippen molar-refractivity contribution in [2.75, 3.05) is 4.90 Å². The summed E-state index contributed by atoms with van der Waals surface area (Å²) < 4.78 is 6.93. The summed E-state index contributed by atoms with van der Waals surface area (Å²) in [6.45, 7) is 4.16. The molecule has 0 bridgehead atoms. The number of ether oxygens (including phenoxy) is 1. The lowest BCUT2D eigenvalue weighted by molar-refractivity contribution is -0.122. The lowest BCUT2D eigenvalue weighted by Gasteiger charge is -2.27. The summed E-state index contributed by atoms with van der Waals surface area (Å²) in [6.07, 6.45) is 1.45. The monoisotopic (exact) mass is 504 g/mol. The van der Waals surface area contributed by atoms with Crippen LogP contribution < -0.4 is 15.0 Å². The summed E-state index contributed by atoms with van der Waals surface area (Å²) in [5.41, 5.74) is 3.75. The number of benzene rings is 3. The van der Waals surface area contributed by atoms with Crippen LogP contribution in [0.15, 0.2) is 76.8 Å². The average Bonchev–Trinajstić information content (AvgIpc) is 2.79. The first-order valence-corrected chi connectivity index (χ1v) is 11.1. The first kappa shape index (κ1) is 22.5. The molecule has 7 heteroatoms. The van der Waals surface area contributed by atoms with E-state index in [9.17, 15) is 14.4 Å². The third kappa shape index (κ3) is 4.88. The molecule has 4 amide bonds. The fourth-order valence-corrected chi connectivity index (χ4v) is 3.65. The zero-order chi connectivity index (χ0) is 23.5. The molecular formula is C26H21BrN2O4. The Morgan fingerprint density at radius 2 is 1.67 bits per heavy atom. The van der Waals surface area contributed by atoms with Crippen molar-refractivity contribution >= 4 is 45.5 Å². The van der Waals surface area contributed by atoms with Crippen molar-refractivity contribution in [3.05, 3.63) is 99.0 Å². The first-order valence-electron chi connectivity index (χ1n) is 10.3. The van der Waals surface area contributed by atoms with E-state index in [1.54, 1.807) is 30.3 Å². The van der Waals surface area contributed by atoms with Crippen LogP contribution in [-0.4, -0.2) is 17.8 Å². The van der Waals surface area contributed by atoms with Crippen LogP contribution in [0, 0.1) is 13.8 Å². The van der Waals surface area contributed by atoms with Gasteiger partial charge in [-0.3, -0.25) is 14.9 Å². The number of carbonyl (C=O) groups is 3. The zero-order valence-electron chi connectivity index (χ0n) is 18.1. The van der Waals surface area contributed by atoms with Crippen molar-refractivity contribution in [1.29, 1.82) is 0 Å². The van der Waals surface area contributed by atoms with Gasteiger partial charge in [0.05, 0.1) is 5.69 Å². The Balaban J connectivity index is 1.64. The number of urea groups is 1. The number of carbonyl (C=O) groups excluding carboxylic acids is 3. The molecule has 166 valence electrons. The van der Waals surface area contributed by atoms with Gasteiger partial charge in [0.2, 0.25) is 0 Å². The number of aryl methyl sites for hydroxylation is 2. The fraction of sp³-hybridized carbons (Fsp3) is 0.115. The summed E-state index contributed by atoms with van der Waals surface area (Å²) in [5, 5.41) is 2.26. The predicted octanol–water partition coefficient (Wildman–Crippen LogP) is 5.31. The maximum absolute atomic E-state index is 13.2. The van der Waals surface area contributed by atoms with Gasteiger partial charge in [-0.2, -0.15) is 0 Å². The van der Waals surface area contributed by atoms with E-state index >= 15 is 0 Å². The molecule has 0 spiro atoms. The molecule has 0 aromatic heterocycles. The Bertz CT molecular complexity index is 1280. The van der Waals surface area contributed by atoms with Gasteiger partial charge in [-0.05, 0) is 66.9 Å². The van der Waals surface area contributed by atoms with Gasteiger partial charge in [0.15, 0.2) is 0 Å². The normalized spacial score (nSPS) is 15.1. The number of rotatable bonds is 5. The quantitative estimate of drug-likeness (QED) is 0.377. The van der Waals surface area contributed by atoms with E-state index in [4.69, 9.17) is 4.74 Å². The number of hydrogen-bond acceptors (Lipinski definition) is 4. The number of nitrogens with zero attached hydrogens (tertiary/aromatic N) is 1. The number of hydrogen-bond donors (Lipinski definition) is 1. The molecule has 1 fully saturated rings. The molecule has 1 heterocycles. The van der Waals surface area contributed by atoms with Gasteiger partial charge >= 0.3 is 6.03 Å². The molecule has 3 aromatic rings. The van der Waals surface area contributed by atoms with Crippen LogP contribution in [0.1, 0.15) is 22.3 Å². The molecular weight excluding hydrogens is 484 g/mol. The van der Waals surface area contributed by atoms with Gasteiger partial charge in [0.25, 0.3) is 11.8 Å². The third-order valence-electron chi connectivity index (χ3n) is 5.38. The molecule has 6 nitrogen and oxygen atoms in total. The summed E-state index contributed by atoms with van der Waals surface area (Å²) >= 11 is 3.41. The molecule has 0 unspecified atom stereocenters. The van der Waals surface area contributed by atoms with Crippen LogP contribution in [0.5, 0.6) is 5.75 Å². The van der Waals surface area contributed by atoms with Crippen molar-refractivity contribution < 1.29 is 19.1 Å². The van der Waals surface area contributed by atoms with E-state index in [0.717, 1.165) is 26.1 Å². The summed E-state index contributed by atoms with van der Waals surface area (Å²) in [7, 11) is 0. The van der Waals surface area contributed by atoms with Gasteiger partial charge in [0, 0.05) is 10.0 Å². The standard InChI is InChI=1S/C26H21BrN2O4/c1-16-7-12-21(13-17(16)2)29-25(31)22(24(30)28-26(29)32)14-19-5-3-4-6-23(19)33-15-18-8-10-20(27)11-9-18/h3-14H,15H2,1-2H3,(H,28,30,32)/b22-14+. The lowest BCUT2D eigenvalue weighted by Crippen LogP contribution is -2.54. The number of anilines is 1. The second-order valence-corrected chi connectivity index (χ2v) is 8.60. The third-order valence-corrected chi connectivity index (χ3v) is 5.91. The number of amides is 4. The van der Waals surface area contributed by atoms with E-state index in [2.05, 4.69) is 21.2 Å². The van der Waals surface area contributed by atoms with Crippen molar-refractivity contribution in [3.63, 3.8) is 0 Å². The second kappa shape index (κ2) is 9.42. The van der Waals surface area contributed by atoms with E-state index in [-0.39, 0.29) is 5.57 Å². The van der Waals surface area contributed by atoms with Crippen LogP contribution in [0.3, 0.4) is 0 Å². The molecule has 3 aromatic carbocycles. The molecule has 0 aliphatic carbocycles. The Kier molecular flexibility index (Phi) is 6.42. The van der Waals surface area contributed by atoms with Gasteiger partial charge in [-0.25, -0.2) is 9.69 Å². The van der Waals surface area contributed by atoms with E-state index < -0.39 is 17.8 Å². The van der Waals surface area contributed by atoms with Crippen molar-refractivity contribution in [2.24, 2.45) is 0 Å². The highest BCUT2D eigenvalue weighted by Crippen LogP contribution is 2.27. The van der Waals surface area contributed by atoms with Gasteiger partial charge < -0.3 is 4.74 Å². The van der Waals surface area contributed by atoms with E-state index in [0.29, 0.717) is 23.6 Å². The largest absolute Gasteiger partial charge is 0.488 e. The van der Waals surface area contributed by atoms with Crippen molar-refractivity contribution in [2.45, 2.75) is 20.5 Å². The molecule has 1 N–H and O–H groups in total. The molecule has 1 aliphatic rings. The Morgan fingerprint density at radius 3 is 2.39 bits per heavy atom. The number of imide groups is 2. The van der Waals surface area contributed by atoms with Crippen molar-refractivity contribution in [3.8, 4) is 5.75 Å². The highest BCUT2D eigenvalue weighted by molar-refractivity contribution is 9.10. The van der Waals surface area contributed by atoms with Crippen LogP contribution in [0.25, 0.3) is 6.08 Å². The van der Waals surface area contributed by atoms with Crippen LogP contribution >= 0.6 is 15.9 Å². The van der Waals surface area contributed by atoms with Crippen LogP contribution in [0.2, 0.25) is 0 Å². The van der Waals surface area contributed by atoms with Gasteiger partial charge in [0.1, 0.15) is 17.9 Å². The summed E-state index contributed by atoms with van der Waals surface area (Å²) in [6, 6.07) is 19.3.